The summed E-state index contributed by atoms with van der Waals surface area (Å²) in [6, 6.07) is 42.4. The third kappa shape index (κ3) is 4.59. The zero-order chi connectivity index (χ0) is 28.6. The van der Waals surface area contributed by atoms with Gasteiger partial charge in [-0.15, -0.1) is 0 Å². The largest absolute Gasteiger partial charge is 0.336 e. The van der Waals surface area contributed by atoms with Crippen LogP contribution in [0, 0.1) is 25.2 Å². The summed E-state index contributed by atoms with van der Waals surface area (Å²) in [6.07, 6.45) is 0. The molecule has 2 heterocycles. The monoisotopic (exact) mass is 541 g/mol. The number of fused-ring (bicyclic) bond motifs is 3. The summed E-state index contributed by atoms with van der Waals surface area (Å²) in [7, 11) is 0. The predicted octanol–water partition coefficient (Wildman–Crippen LogP) is 8.52. The maximum Gasteiger partial charge on any atom is 0.163 e. The van der Waals surface area contributed by atoms with Gasteiger partial charge in [0.1, 0.15) is 11.6 Å². The highest BCUT2D eigenvalue weighted by Crippen LogP contribution is 2.36. The molecular formula is C37H27N5. The average Bonchev–Trinajstić information content (AvgIpc) is 3.33. The van der Waals surface area contributed by atoms with Gasteiger partial charge in [0.25, 0.3) is 0 Å². The quantitative estimate of drug-likeness (QED) is 0.219. The summed E-state index contributed by atoms with van der Waals surface area (Å²) in [4.78, 5) is 13.7. The van der Waals surface area contributed by atoms with Crippen molar-refractivity contribution in [2.24, 2.45) is 0 Å². The number of hydrogen-bond acceptors (Lipinski definition) is 4. The van der Waals surface area contributed by atoms with Crippen LogP contribution in [0.5, 0.6) is 0 Å². The van der Waals surface area contributed by atoms with Crippen LogP contribution in [0.2, 0.25) is 0 Å². The number of benzene rings is 5. The number of nitriles is 1. The smallest absolute Gasteiger partial charge is 0.163 e. The Morgan fingerprint density at radius 3 is 1.67 bits per heavy atom. The molecule has 0 aliphatic carbocycles. The lowest BCUT2D eigenvalue weighted by atomic mass is 10.0. The van der Waals surface area contributed by atoms with Crippen LogP contribution in [0.1, 0.15) is 22.8 Å². The molecule has 0 N–H and O–H groups in total. The van der Waals surface area contributed by atoms with Crippen molar-refractivity contribution in [1.82, 2.24) is 19.5 Å². The minimum Gasteiger partial charge on any atom is -0.336 e. The molecule has 42 heavy (non-hydrogen) atoms. The van der Waals surface area contributed by atoms with Crippen molar-refractivity contribution in [2.75, 3.05) is 0 Å². The summed E-state index contributed by atoms with van der Waals surface area (Å²) in [6.45, 7) is 4.31. The second-order valence-electron chi connectivity index (χ2n) is 10.5. The van der Waals surface area contributed by atoms with E-state index in [1.165, 1.54) is 21.9 Å². The molecule has 0 unspecified atom stereocenters. The van der Waals surface area contributed by atoms with Gasteiger partial charge in [0.2, 0.25) is 0 Å². The van der Waals surface area contributed by atoms with Gasteiger partial charge in [-0.1, -0.05) is 84.9 Å². The summed E-state index contributed by atoms with van der Waals surface area (Å²) < 4.78 is 2.37. The number of aryl methyl sites for hydroxylation is 2. The Morgan fingerprint density at radius 2 is 1.14 bits per heavy atom. The third-order valence-corrected chi connectivity index (χ3v) is 7.74. The lowest BCUT2D eigenvalue weighted by molar-refractivity contribution is 0.863. The Hall–Kier alpha value is -5.60. The van der Waals surface area contributed by atoms with Gasteiger partial charge in [0.15, 0.2) is 5.82 Å². The molecule has 200 valence electrons. The van der Waals surface area contributed by atoms with Crippen molar-refractivity contribution < 1.29 is 0 Å². The van der Waals surface area contributed by atoms with Crippen molar-refractivity contribution in [1.29, 1.82) is 5.26 Å². The van der Waals surface area contributed by atoms with Crippen molar-refractivity contribution in [3.8, 4) is 39.7 Å². The van der Waals surface area contributed by atoms with E-state index in [1.807, 2.05) is 44.2 Å². The highest BCUT2D eigenvalue weighted by molar-refractivity contribution is 6.10. The molecule has 0 saturated carbocycles. The molecule has 5 nitrogen and oxygen atoms in total. The van der Waals surface area contributed by atoms with E-state index in [0.717, 1.165) is 33.3 Å². The second-order valence-corrected chi connectivity index (χ2v) is 10.5. The molecule has 5 heteroatoms. The fourth-order valence-electron chi connectivity index (χ4n) is 5.80. The van der Waals surface area contributed by atoms with Gasteiger partial charge in [0.05, 0.1) is 22.7 Å². The van der Waals surface area contributed by atoms with Crippen LogP contribution in [-0.4, -0.2) is 19.5 Å². The molecule has 7 rings (SSSR count). The zero-order valence-corrected chi connectivity index (χ0v) is 23.4. The van der Waals surface area contributed by atoms with Crippen LogP contribution in [0.4, 0.5) is 0 Å². The normalized spacial score (nSPS) is 11.2. The molecule has 0 fully saturated rings. The first-order valence-electron chi connectivity index (χ1n) is 14.0. The lowest BCUT2D eigenvalue weighted by Gasteiger charge is -2.14. The topological polar surface area (TPSA) is 67.4 Å². The van der Waals surface area contributed by atoms with Crippen LogP contribution in [0.15, 0.2) is 115 Å². The molecular weight excluding hydrogens is 514 g/mol. The number of aromatic nitrogens is 4. The molecule has 0 aliphatic heterocycles. The summed E-state index contributed by atoms with van der Waals surface area (Å²) in [5.41, 5.74) is 9.40. The fourth-order valence-corrected chi connectivity index (χ4v) is 5.80. The van der Waals surface area contributed by atoms with Crippen LogP contribution in [0.3, 0.4) is 0 Å². The maximum atomic E-state index is 9.81. The first-order valence-corrected chi connectivity index (χ1v) is 14.0. The Kier molecular flexibility index (Phi) is 6.30. The summed E-state index contributed by atoms with van der Waals surface area (Å²) in [5, 5.41) is 12.2. The number of rotatable bonds is 5. The van der Waals surface area contributed by atoms with Crippen LogP contribution >= 0.6 is 0 Å². The highest BCUT2D eigenvalue weighted by Gasteiger charge is 2.17. The van der Waals surface area contributed by atoms with Gasteiger partial charge < -0.3 is 4.57 Å². The van der Waals surface area contributed by atoms with E-state index in [1.54, 1.807) is 0 Å². The zero-order valence-electron chi connectivity index (χ0n) is 23.4. The van der Waals surface area contributed by atoms with Crippen molar-refractivity contribution in [2.45, 2.75) is 20.4 Å². The molecule has 0 radical (unpaired) electrons. The first kappa shape index (κ1) is 25.4. The van der Waals surface area contributed by atoms with Crippen LogP contribution in [-0.2, 0) is 6.54 Å². The van der Waals surface area contributed by atoms with E-state index in [0.29, 0.717) is 29.6 Å². The van der Waals surface area contributed by atoms with E-state index >= 15 is 0 Å². The Labute approximate surface area is 244 Å². The Morgan fingerprint density at radius 1 is 0.595 bits per heavy atom. The second kappa shape index (κ2) is 10.4. The molecule has 2 aromatic heterocycles. The summed E-state index contributed by atoms with van der Waals surface area (Å²) >= 11 is 0. The minimum absolute atomic E-state index is 0.547. The SMILES string of the molecule is Cc1nc(C)nc(-c2ccc(C#N)cc2Cn2c3cc(-c4ccccc4)ccc3c3ccc(-c4ccccc4)cc32)n1. The maximum absolute atomic E-state index is 9.81. The molecule has 0 atom stereocenters. The number of hydrogen-bond donors (Lipinski definition) is 0. The van der Waals surface area contributed by atoms with Crippen molar-refractivity contribution >= 4 is 21.8 Å². The lowest BCUT2D eigenvalue weighted by Crippen LogP contribution is -2.05. The van der Waals surface area contributed by atoms with Gasteiger partial charge in [-0.05, 0) is 72.0 Å². The highest BCUT2D eigenvalue weighted by atomic mass is 15.0. The van der Waals surface area contributed by atoms with Gasteiger partial charge in [-0.25, -0.2) is 15.0 Å². The molecule has 5 aromatic carbocycles. The Balaban J connectivity index is 1.49. The molecule has 0 spiro atoms. The van der Waals surface area contributed by atoms with E-state index in [4.69, 9.17) is 0 Å². The van der Waals surface area contributed by atoms with Gasteiger partial charge in [0, 0.05) is 22.9 Å². The molecule has 0 saturated heterocycles. The van der Waals surface area contributed by atoms with Gasteiger partial charge in [-0.2, -0.15) is 5.26 Å². The molecule has 0 aliphatic rings. The fraction of sp³-hybridized carbons (Fsp3) is 0.0811. The van der Waals surface area contributed by atoms with Crippen LogP contribution < -0.4 is 0 Å². The first-order chi connectivity index (χ1) is 20.6. The molecule has 0 amide bonds. The third-order valence-electron chi connectivity index (χ3n) is 7.74. The minimum atomic E-state index is 0.547. The predicted molar refractivity (Wildman–Crippen MR) is 169 cm³/mol. The summed E-state index contributed by atoms with van der Waals surface area (Å²) in [5.74, 6) is 1.96. The Bertz CT molecular complexity index is 2020. The standard InChI is InChI=1S/C37H27N5/c1-24-39-25(2)41-37(40-24)32-16-13-26(22-38)19-31(32)23-42-35-20-29(27-9-5-3-6-10-27)14-17-33(35)34-18-15-30(21-36(34)42)28-11-7-4-8-12-28/h3-21H,23H2,1-2H3. The van der Waals surface area contributed by atoms with Gasteiger partial charge in [-0.3, -0.25) is 0 Å². The van der Waals surface area contributed by atoms with Crippen molar-refractivity contribution in [3.63, 3.8) is 0 Å². The molecule has 7 aromatic rings. The van der Waals surface area contributed by atoms with E-state index in [2.05, 4.69) is 111 Å². The van der Waals surface area contributed by atoms with Crippen molar-refractivity contribution in [3.05, 3.63) is 138 Å². The van der Waals surface area contributed by atoms with E-state index in [-0.39, 0.29) is 0 Å². The molecule has 0 bridgehead atoms. The number of nitrogens with zero attached hydrogens (tertiary/aromatic N) is 5. The van der Waals surface area contributed by atoms with Crippen LogP contribution in [0.25, 0.3) is 55.4 Å². The van der Waals surface area contributed by atoms with E-state index < -0.39 is 0 Å². The van der Waals surface area contributed by atoms with Gasteiger partial charge >= 0.3 is 0 Å². The van der Waals surface area contributed by atoms with E-state index in [9.17, 15) is 5.26 Å². The average molecular weight is 542 g/mol.